The van der Waals surface area contributed by atoms with E-state index in [2.05, 4.69) is 5.32 Å². The minimum absolute atomic E-state index is 0.112. The molecule has 3 atom stereocenters. The molecule has 162 valence electrons. The monoisotopic (exact) mass is 413 g/mol. The molecule has 2 rings (SSSR count). The number of hydrogen-bond acceptors (Lipinski definition) is 5. The average Bonchev–Trinajstić information content (AvgIpc) is 2.75. The Balaban J connectivity index is 2.11. The maximum atomic E-state index is 11.9. The van der Waals surface area contributed by atoms with Gasteiger partial charge < -0.3 is 14.9 Å². The summed E-state index contributed by atoms with van der Waals surface area (Å²) in [6.07, 6.45) is 0.240. The zero-order valence-electron chi connectivity index (χ0n) is 17.6. The van der Waals surface area contributed by atoms with Crippen LogP contribution in [0.2, 0.25) is 0 Å². The molecule has 0 aliphatic heterocycles. The summed E-state index contributed by atoms with van der Waals surface area (Å²) in [7, 11) is 0. The topological polar surface area (TPSA) is 95.9 Å². The molecular weight excluding hydrogens is 382 g/mol. The van der Waals surface area contributed by atoms with Gasteiger partial charge in [0.1, 0.15) is 6.23 Å². The number of esters is 1. The van der Waals surface area contributed by atoms with Gasteiger partial charge in [-0.1, -0.05) is 61.5 Å². The highest BCUT2D eigenvalue weighted by atomic mass is 16.5. The molecule has 0 amide bonds. The second-order valence-corrected chi connectivity index (χ2v) is 7.39. The molecule has 0 aliphatic rings. The van der Waals surface area contributed by atoms with Crippen molar-refractivity contribution >= 4 is 11.9 Å². The number of aliphatic carboxylic acids is 1. The van der Waals surface area contributed by atoms with E-state index in [0.717, 1.165) is 16.7 Å². The van der Waals surface area contributed by atoms with E-state index in [0.29, 0.717) is 19.4 Å². The Morgan fingerprint density at radius 3 is 2.20 bits per heavy atom. The van der Waals surface area contributed by atoms with Crippen LogP contribution >= 0.6 is 0 Å². The van der Waals surface area contributed by atoms with Crippen molar-refractivity contribution in [3.63, 3.8) is 0 Å². The Bertz CT molecular complexity index is 791. The van der Waals surface area contributed by atoms with Crippen LogP contribution < -0.4 is 5.32 Å². The van der Waals surface area contributed by atoms with Crippen LogP contribution in [0.1, 0.15) is 51.1 Å². The number of carbonyl (C=O) groups excluding carboxylic acids is 1. The second-order valence-electron chi connectivity index (χ2n) is 7.39. The first kappa shape index (κ1) is 23.6. The predicted octanol–water partition coefficient (Wildman–Crippen LogP) is 4.15. The molecule has 0 bridgehead atoms. The van der Waals surface area contributed by atoms with E-state index >= 15 is 0 Å². The molecule has 3 unspecified atom stereocenters. The van der Waals surface area contributed by atoms with Crippen molar-refractivity contribution < 1.29 is 24.5 Å². The number of nitrogens with one attached hydrogen (secondary N) is 1. The molecule has 2 aromatic rings. The molecule has 0 saturated carbocycles. The first-order valence-electron chi connectivity index (χ1n) is 10.4. The number of carbonyl (C=O) groups is 2. The molecule has 6 nitrogen and oxygen atoms in total. The maximum Gasteiger partial charge on any atom is 0.308 e. The van der Waals surface area contributed by atoms with Crippen LogP contribution in [-0.4, -0.2) is 35.0 Å². The smallest absolute Gasteiger partial charge is 0.308 e. The largest absolute Gasteiger partial charge is 0.481 e. The van der Waals surface area contributed by atoms with Crippen molar-refractivity contribution in [1.29, 1.82) is 0 Å². The van der Waals surface area contributed by atoms with Crippen LogP contribution in [0, 0.1) is 5.92 Å². The third-order valence-corrected chi connectivity index (χ3v) is 5.02. The molecule has 0 saturated heterocycles. The van der Waals surface area contributed by atoms with Gasteiger partial charge in [-0.25, -0.2) is 0 Å². The molecule has 0 heterocycles. The molecule has 0 aliphatic carbocycles. The minimum Gasteiger partial charge on any atom is -0.481 e. The number of aliphatic hydroxyl groups is 1. The van der Waals surface area contributed by atoms with Crippen LogP contribution in [0.25, 0.3) is 11.1 Å². The maximum absolute atomic E-state index is 11.9. The Morgan fingerprint density at radius 1 is 0.967 bits per heavy atom. The predicted molar refractivity (Wildman–Crippen MR) is 116 cm³/mol. The highest BCUT2D eigenvalue weighted by Gasteiger charge is 2.20. The summed E-state index contributed by atoms with van der Waals surface area (Å²) in [5, 5.41) is 22.2. The lowest BCUT2D eigenvalue weighted by atomic mass is 9.94. The lowest BCUT2D eigenvalue weighted by Gasteiger charge is -2.24. The third-order valence-electron chi connectivity index (χ3n) is 5.02. The van der Waals surface area contributed by atoms with Gasteiger partial charge in [-0.05, 0) is 42.9 Å². The fourth-order valence-electron chi connectivity index (χ4n) is 3.28. The quantitative estimate of drug-likeness (QED) is 0.357. The van der Waals surface area contributed by atoms with Crippen molar-refractivity contribution in [3.8, 4) is 11.1 Å². The van der Waals surface area contributed by atoms with E-state index in [1.54, 1.807) is 6.92 Å². The molecule has 0 spiro atoms. The second kappa shape index (κ2) is 12.1. The van der Waals surface area contributed by atoms with Crippen molar-refractivity contribution in [1.82, 2.24) is 5.32 Å². The van der Waals surface area contributed by atoms with E-state index < -0.39 is 12.2 Å². The first-order valence-corrected chi connectivity index (χ1v) is 10.4. The molecule has 30 heavy (non-hydrogen) atoms. The highest BCUT2D eigenvalue weighted by Crippen LogP contribution is 2.26. The molecule has 0 fully saturated rings. The van der Waals surface area contributed by atoms with E-state index in [4.69, 9.17) is 9.84 Å². The lowest BCUT2D eigenvalue weighted by Crippen LogP contribution is -2.33. The standard InChI is InChI=1S/C24H31NO5/c1-3-30-24(29)17(2)9-14-21(25-22(26)15-16-23(27)28)20-12-10-19(11-13-20)18-7-5-4-6-8-18/h4-8,10-13,17,21-22,25-26H,3,9,14-16H2,1-2H3,(H,27,28). The molecule has 3 N–H and O–H groups in total. The number of carboxylic acids is 1. The Hall–Kier alpha value is -2.70. The minimum atomic E-state index is -0.949. The van der Waals surface area contributed by atoms with Crippen molar-refractivity contribution in [2.45, 2.75) is 51.8 Å². The van der Waals surface area contributed by atoms with Gasteiger partial charge in [-0.3, -0.25) is 14.9 Å². The third kappa shape index (κ3) is 7.61. The fourth-order valence-corrected chi connectivity index (χ4v) is 3.28. The van der Waals surface area contributed by atoms with Gasteiger partial charge in [-0.15, -0.1) is 0 Å². The van der Waals surface area contributed by atoms with Crippen LogP contribution in [0.3, 0.4) is 0 Å². The zero-order valence-corrected chi connectivity index (χ0v) is 17.6. The van der Waals surface area contributed by atoms with Gasteiger partial charge in [-0.2, -0.15) is 0 Å². The van der Waals surface area contributed by atoms with E-state index in [1.807, 2.05) is 61.5 Å². The summed E-state index contributed by atoms with van der Waals surface area (Å²) >= 11 is 0. The summed E-state index contributed by atoms with van der Waals surface area (Å²) < 4.78 is 5.08. The zero-order chi connectivity index (χ0) is 21.9. The SMILES string of the molecule is CCOC(=O)C(C)CCC(NC(O)CCC(=O)O)c1ccc(-c2ccccc2)cc1. The summed E-state index contributed by atoms with van der Waals surface area (Å²) in [4.78, 5) is 22.7. The van der Waals surface area contributed by atoms with E-state index in [9.17, 15) is 14.7 Å². The molecular formula is C24H31NO5. The molecule has 0 aromatic heterocycles. The van der Waals surface area contributed by atoms with Crippen molar-refractivity contribution in [3.05, 3.63) is 60.2 Å². The Labute approximate surface area is 177 Å². The van der Waals surface area contributed by atoms with Crippen molar-refractivity contribution in [2.75, 3.05) is 6.61 Å². The van der Waals surface area contributed by atoms with E-state index in [1.165, 1.54) is 0 Å². The summed E-state index contributed by atoms with van der Waals surface area (Å²) in [5.41, 5.74) is 3.18. The number of rotatable bonds is 12. The van der Waals surface area contributed by atoms with Crippen LogP contribution in [0.4, 0.5) is 0 Å². The van der Waals surface area contributed by atoms with Gasteiger partial charge in [0.2, 0.25) is 0 Å². The van der Waals surface area contributed by atoms with Crippen LogP contribution in [-0.2, 0) is 14.3 Å². The van der Waals surface area contributed by atoms with Gasteiger partial charge in [0.15, 0.2) is 0 Å². The number of benzene rings is 2. The summed E-state index contributed by atoms with van der Waals surface area (Å²) in [5.74, 6) is -1.44. The fraction of sp³-hybridized carbons (Fsp3) is 0.417. The number of ether oxygens (including phenoxy) is 1. The van der Waals surface area contributed by atoms with Gasteiger partial charge >= 0.3 is 11.9 Å². The van der Waals surface area contributed by atoms with Gasteiger partial charge in [0, 0.05) is 12.5 Å². The lowest BCUT2D eigenvalue weighted by molar-refractivity contribution is -0.147. The summed E-state index contributed by atoms with van der Waals surface area (Å²) in [6.45, 7) is 3.95. The number of aliphatic hydroxyl groups excluding tert-OH is 1. The van der Waals surface area contributed by atoms with Crippen LogP contribution in [0.5, 0.6) is 0 Å². The van der Waals surface area contributed by atoms with Gasteiger partial charge in [0.25, 0.3) is 0 Å². The van der Waals surface area contributed by atoms with Crippen molar-refractivity contribution in [2.24, 2.45) is 5.92 Å². The number of carboxylic acid groups (broad SMARTS) is 1. The summed E-state index contributed by atoms with van der Waals surface area (Å²) in [6, 6.07) is 17.9. The highest BCUT2D eigenvalue weighted by molar-refractivity contribution is 5.71. The van der Waals surface area contributed by atoms with Crippen LogP contribution in [0.15, 0.2) is 54.6 Å². The first-order chi connectivity index (χ1) is 14.4. The van der Waals surface area contributed by atoms with E-state index in [-0.39, 0.29) is 30.8 Å². The van der Waals surface area contributed by atoms with Gasteiger partial charge in [0.05, 0.1) is 12.5 Å². The average molecular weight is 414 g/mol. The number of hydrogen-bond donors (Lipinski definition) is 3. The Kier molecular flexibility index (Phi) is 9.51. The molecule has 6 heteroatoms. The Morgan fingerprint density at radius 2 is 1.60 bits per heavy atom. The molecule has 2 aromatic carbocycles. The molecule has 0 radical (unpaired) electrons. The normalized spacial score (nSPS) is 14.0.